The number of likely N-dealkylation sites (tertiary alicyclic amines) is 1. The number of carbonyl (C=O) groups is 3. The van der Waals surface area contributed by atoms with Gasteiger partial charge in [0.1, 0.15) is 0 Å². The highest BCUT2D eigenvalue weighted by Gasteiger charge is 2.45. The van der Waals surface area contributed by atoms with Gasteiger partial charge in [-0.15, -0.1) is 0 Å². The Balaban J connectivity index is 1.79. The second-order valence-electron chi connectivity index (χ2n) is 7.50. The van der Waals surface area contributed by atoms with Crippen LogP contribution in [0.4, 0.5) is 4.79 Å². The summed E-state index contributed by atoms with van der Waals surface area (Å²) in [6.45, 7) is 4.26. The first-order chi connectivity index (χ1) is 11.8. The van der Waals surface area contributed by atoms with Gasteiger partial charge in [-0.25, -0.2) is 0 Å². The average molecular weight is 366 g/mol. The van der Waals surface area contributed by atoms with Gasteiger partial charge in [0.2, 0.25) is 0 Å². The van der Waals surface area contributed by atoms with Crippen LogP contribution in [-0.2, 0) is 9.59 Å². The normalized spacial score (nSPS) is 38.8. The van der Waals surface area contributed by atoms with Crippen molar-refractivity contribution in [1.82, 2.24) is 9.80 Å². The molecule has 1 saturated carbocycles. The van der Waals surface area contributed by atoms with Crippen LogP contribution in [0.2, 0.25) is 0 Å². The number of carboxylic acids is 1. The molecule has 5 unspecified atom stereocenters. The van der Waals surface area contributed by atoms with Gasteiger partial charge in [-0.1, -0.05) is 18.9 Å². The molecular weight excluding hydrogens is 340 g/mol. The highest BCUT2D eigenvalue weighted by atomic mass is 32.2. The van der Waals surface area contributed by atoms with E-state index in [0.717, 1.165) is 48.8 Å². The van der Waals surface area contributed by atoms with E-state index in [-0.39, 0.29) is 41.1 Å². The Labute approximate surface area is 152 Å². The predicted octanol–water partition coefficient (Wildman–Crippen LogP) is 2.94. The van der Waals surface area contributed by atoms with Gasteiger partial charge < -0.3 is 5.11 Å². The molecule has 25 heavy (non-hydrogen) atoms. The van der Waals surface area contributed by atoms with E-state index in [4.69, 9.17) is 0 Å². The third kappa shape index (κ3) is 3.36. The molecular formula is C18H26N2O4S. The molecule has 2 heterocycles. The van der Waals surface area contributed by atoms with E-state index in [2.05, 4.69) is 18.7 Å². The van der Waals surface area contributed by atoms with E-state index in [9.17, 15) is 19.5 Å². The van der Waals surface area contributed by atoms with Crippen LogP contribution >= 0.6 is 11.8 Å². The van der Waals surface area contributed by atoms with Gasteiger partial charge in [-0.3, -0.25) is 24.2 Å². The van der Waals surface area contributed by atoms with Gasteiger partial charge in [0.25, 0.3) is 11.1 Å². The standard InChI is InChI=1S/C18H26N2O4S/c1-10-8-12(9-15-16(21)19(3)18(24)25-15)11(2)20(10)14-7-5-4-6-13(14)17(22)23/h9-14H,4-8H2,1-3H3,(H,22,23)/b15-9-. The predicted molar refractivity (Wildman–Crippen MR) is 96.1 cm³/mol. The Morgan fingerprint density at radius 3 is 2.52 bits per heavy atom. The molecule has 0 aromatic carbocycles. The fourth-order valence-electron chi connectivity index (χ4n) is 4.68. The lowest BCUT2D eigenvalue weighted by molar-refractivity contribution is -0.146. The smallest absolute Gasteiger partial charge is 0.308 e. The molecule has 3 aliphatic rings. The van der Waals surface area contributed by atoms with Crippen molar-refractivity contribution in [2.75, 3.05) is 7.05 Å². The maximum atomic E-state index is 12.1. The van der Waals surface area contributed by atoms with Gasteiger partial charge in [0.05, 0.1) is 10.8 Å². The zero-order valence-electron chi connectivity index (χ0n) is 15.0. The minimum atomic E-state index is -0.695. The zero-order valence-corrected chi connectivity index (χ0v) is 15.8. The maximum absolute atomic E-state index is 12.1. The van der Waals surface area contributed by atoms with Crippen LogP contribution in [0.1, 0.15) is 46.0 Å². The quantitative estimate of drug-likeness (QED) is 0.774. The third-order valence-electron chi connectivity index (χ3n) is 5.99. The number of imide groups is 1. The Bertz CT molecular complexity index is 620. The van der Waals surface area contributed by atoms with E-state index >= 15 is 0 Å². The molecule has 138 valence electrons. The van der Waals surface area contributed by atoms with Crippen LogP contribution in [-0.4, -0.2) is 57.2 Å². The van der Waals surface area contributed by atoms with E-state index in [1.807, 2.05) is 6.08 Å². The number of likely N-dealkylation sites (N-methyl/N-ethyl adjacent to an activating group) is 1. The number of carbonyl (C=O) groups excluding carboxylic acids is 2. The van der Waals surface area contributed by atoms with Crippen molar-refractivity contribution in [2.45, 2.75) is 64.1 Å². The van der Waals surface area contributed by atoms with E-state index in [0.29, 0.717) is 4.91 Å². The van der Waals surface area contributed by atoms with E-state index < -0.39 is 5.97 Å². The Morgan fingerprint density at radius 1 is 1.24 bits per heavy atom. The second kappa shape index (κ2) is 7.11. The number of carboxylic acid groups (broad SMARTS) is 1. The molecule has 5 atom stereocenters. The van der Waals surface area contributed by atoms with Crippen LogP contribution in [0, 0.1) is 11.8 Å². The molecule has 0 aromatic rings. The summed E-state index contributed by atoms with van der Waals surface area (Å²) < 4.78 is 0. The average Bonchev–Trinajstić information content (AvgIpc) is 2.98. The molecule has 0 radical (unpaired) electrons. The maximum Gasteiger partial charge on any atom is 0.308 e. The largest absolute Gasteiger partial charge is 0.481 e. The minimum Gasteiger partial charge on any atom is -0.481 e. The summed E-state index contributed by atoms with van der Waals surface area (Å²) in [6.07, 6.45) is 6.55. The molecule has 6 nitrogen and oxygen atoms in total. The fourth-order valence-corrected chi connectivity index (χ4v) is 5.56. The van der Waals surface area contributed by atoms with Crippen molar-refractivity contribution >= 4 is 28.9 Å². The minimum absolute atomic E-state index is 0.0656. The van der Waals surface area contributed by atoms with Gasteiger partial charge in [0.15, 0.2) is 0 Å². The van der Waals surface area contributed by atoms with Crippen molar-refractivity contribution in [3.05, 3.63) is 11.0 Å². The lowest BCUT2D eigenvalue weighted by atomic mass is 9.82. The topological polar surface area (TPSA) is 77.9 Å². The highest BCUT2D eigenvalue weighted by molar-refractivity contribution is 8.18. The highest BCUT2D eigenvalue weighted by Crippen LogP contribution is 2.41. The van der Waals surface area contributed by atoms with Gasteiger partial charge in [-0.2, -0.15) is 0 Å². The lowest BCUT2D eigenvalue weighted by Gasteiger charge is -2.41. The summed E-state index contributed by atoms with van der Waals surface area (Å²) in [5, 5.41) is 9.37. The van der Waals surface area contributed by atoms with Gasteiger partial charge >= 0.3 is 5.97 Å². The van der Waals surface area contributed by atoms with Crippen molar-refractivity contribution in [3.63, 3.8) is 0 Å². The first kappa shape index (κ1) is 18.5. The molecule has 0 bridgehead atoms. The van der Waals surface area contributed by atoms with Crippen LogP contribution in [0.3, 0.4) is 0 Å². The third-order valence-corrected chi connectivity index (χ3v) is 6.97. The molecule has 1 N–H and O–H groups in total. The number of hydrogen-bond acceptors (Lipinski definition) is 5. The molecule has 2 saturated heterocycles. The van der Waals surface area contributed by atoms with Crippen molar-refractivity contribution in [3.8, 4) is 0 Å². The molecule has 0 spiro atoms. The summed E-state index contributed by atoms with van der Waals surface area (Å²) >= 11 is 1.00. The van der Waals surface area contributed by atoms with Crippen LogP contribution < -0.4 is 0 Å². The Morgan fingerprint density at radius 2 is 1.92 bits per heavy atom. The molecule has 0 aromatic heterocycles. The molecule has 1 aliphatic carbocycles. The van der Waals surface area contributed by atoms with Crippen LogP contribution in [0.25, 0.3) is 0 Å². The van der Waals surface area contributed by atoms with E-state index in [1.54, 1.807) is 0 Å². The number of nitrogens with zero attached hydrogens (tertiary/aromatic N) is 2. The SMILES string of the molecule is CC1CC(/C=C2\SC(=O)N(C)C2=O)C(C)N1C1CCCCC1C(=O)O. The fraction of sp³-hybridized carbons (Fsp3) is 0.722. The van der Waals surface area contributed by atoms with Crippen molar-refractivity contribution in [1.29, 1.82) is 0 Å². The molecule has 2 amide bonds. The first-order valence-electron chi connectivity index (χ1n) is 9.03. The summed E-state index contributed by atoms with van der Waals surface area (Å²) in [5.41, 5.74) is 0. The monoisotopic (exact) mass is 366 g/mol. The first-order valence-corrected chi connectivity index (χ1v) is 9.84. The molecule has 2 aliphatic heterocycles. The zero-order chi connectivity index (χ0) is 18.3. The van der Waals surface area contributed by atoms with Gasteiger partial charge in [0, 0.05) is 25.2 Å². The molecule has 3 fully saturated rings. The Kier molecular flexibility index (Phi) is 5.25. The van der Waals surface area contributed by atoms with E-state index in [1.165, 1.54) is 7.05 Å². The number of hydrogen-bond donors (Lipinski definition) is 1. The number of amides is 2. The Hall–Kier alpha value is -1.34. The summed E-state index contributed by atoms with van der Waals surface area (Å²) in [4.78, 5) is 39.5. The molecule has 7 heteroatoms. The second-order valence-corrected chi connectivity index (χ2v) is 8.49. The van der Waals surface area contributed by atoms with Gasteiger partial charge in [-0.05, 0) is 50.8 Å². The number of thioether (sulfide) groups is 1. The number of rotatable bonds is 3. The summed E-state index contributed by atoms with van der Waals surface area (Å²) in [5.74, 6) is -1.06. The summed E-state index contributed by atoms with van der Waals surface area (Å²) in [6, 6.07) is 0.509. The summed E-state index contributed by atoms with van der Waals surface area (Å²) in [7, 11) is 1.50. The van der Waals surface area contributed by atoms with Crippen molar-refractivity contribution < 1.29 is 19.5 Å². The van der Waals surface area contributed by atoms with Crippen LogP contribution in [0.5, 0.6) is 0 Å². The molecule has 3 rings (SSSR count). The lowest BCUT2D eigenvalue weighted by Crippen LogP contribution is -2.50. The van der Waals surface area contributed by atoms with Crippen LogP contribution in [0.15, 0.2) is 11.0 Å². The number of aliphatic carboxylic acids is 1. The van der Waals surface area contributed by atoms with Crippen molar-refractivity contribution in [2.24, 2.45) is 11.8 Å².